The smallest absolute Gasteiger partial charge is 0.253 e. The number of aliphatic hydroxyl groups excluding tert-OH is 1. The number of hydrogen-bond donors (Lipinski definition) is 1. The topological polar surface area (TPSA) is 68.2 Å². The maximum Gasteiger partial charge on any atom is 0.253 e. The van der Waals surface area contributed by atoms with Gasteiger partial charge in [-0.15, -0.1) is 0 Å². The summed E-state index contributed by atoms with van der Waals surface area (Å²) in [6, 6.07) is 15.7. The second-order valence-corrected chi connectivity index (χ2v) is 9.66. The lowest BCUT2D eigenvalue weighted by molar-refractivity contribution is -0.190. The average molecular weight is 468 g/mol. The van der Waals surface area contributed by atoms with Gasteiger partial charge in [0.25, 0.3) is 5.91 Å². The lowest BCUT2D eigenvalue weighted by Gasteiger charge is -2.48. The van der Waals surface area contributed by atoms with Crippen molar-refractivity contribution in [3.63, 3.8) is 0 Å². The van der Waals surface area contributed by atoms with Gasteiger partial charge in [0.15, 0.2) is 0 Å². The lowest BCUT2D eigenvalue weighted by Crippen LogP contribution is -2.52. The number of carbonyl (C=O) groups excluding carboxylic acids is 1. The van der Waals surface area contributed by atoms with Gasteiger partial charge in [-0.2, -0.15) is 0 Å². The Balaban J connectivity index is 1.45. The van der Waals surface area contributed by atoms with E-state index in [0.29, 0.717) is 36.6 Å². The molecule has 0 aliphatic carbocycles. The molecule has 2 atom stereocenters. The van der Waals surface area contributed by atoms with Crippen molar-refractivity contribution >= 4 is 5.91 Å². The number of rotatable bonds is 7. The Kier molecular flexibility index (Phi) is 7.91. The minimum absolute atomic E-state index is 0.000791. The third-order valence-electron chi connectivity index (χ3n) is 6.84. The molecule has 0 aromatic heterocycles. The first kappa shape index (κ1) is 24.7. The van der Waals surface area contributed by atoms with Crippen molar-refractivity contribution in [3.8, 4) is 5.75 Å². The number of ether oxygens (including phenoxy) is 3. The molecule has 2 aliphatic rings. The van der Waals surface area contributed by atoms with Gasteiger partial charge in [-0.3, -0.25) is 4.79 Å². The zero-order valence-corrected chi connectivity index (χ0v) is 20.5. The molecular weight excluding hydrogens is 430 g/mol. The molecule has 6 nitrogen and oxygen atoms in total. The third kappa shape index (κ3) is 5.62. The highest BCUT2D eigenvalue weighted by molar-refractivity contribution is 5.94. The quantitative estimate of drug-likeness (QED) is 0.627. The van der Waals surface area contributed by atoms with E-state index >= 15 is 0 Å². The summed E-state index contributed by atoms with van der Waals surface area (Å²) in [4.78, 5) is 15.2. The number of aliphatic hydroxyl groups is 1. The van der Waals surface area contributed by atoms with Crippen molar-refractivity contribution in [2.75, 3.05) is 19.7 Å². The van der Waals surface area contributed by atoms with Crippen LogP contribution in [-0.2, 0) is 16.1 Å². The fourth-order valence-corrected chi connectivity index (χ4v) is 5.20. The van der Waals surface area contributed by atoms with Crippen LogP contribution in [0.15, 0.2) is 48.5 Å². The monoisotopic (exact) mass is 467 g/mol. The number of nitrogens with zero attached hydrogens (tertiary/aromatic N) is 1. The first-order valence-electron chi connectivity index (χ1n) is 12.5. The van der Waals surface area contributed by atoms with Crippen LogP contribution >= 0.6 is 0 Å². The van der Waals surface area contributed by atoms with Gasteiger partial charge in [0.2, 0.25) is 0 Å². The Morgan fingerprint density at radius 1 is 1.18 bits per heavy atom. The highest BCUT2D eigenvalue weighted by Gasteiger charge is 2.45. The first-order valence-corrected chi connectivity index (χ1v) is 12.5. The molecule has 4 rings (SSSR count). The summed E-state index contributed by atoms with van der Waals surface area (Å²) in [6.45, 7) is 7.72. The number of amides is 1. The predicted molar refractivity (Wildman–Crippen MR) is 131 cm³/mol. The summed E-state index contributed by atoms with van der Waals surface area (Å²) in [7, 11) is 0. The van der Waals surface area contributed by atoms with Crippen molar-refractivity contribution < 1.29 is 24.1 Å². The van der Waals surface area contributed by atoms with E-state index in [1.165, 1.54) is 5.56 Å². The molecule has 2 saturated heterocycles. The van der Waals surface area contributed by atoms with Crippen molar-refractivity contribution in [1.29, 1.82) is 0 Å². The molecule has 184 valence electrons. The summed E-state index contributed by atoms with van der Waals surface area (Å²) in [5, 5.41) is 9.77. The first-order chi connectivity index (χ1) is 16.4. The number of benzene rings is 2. The highest BCUT2D eigenvalue weighted by atomic mass is 16.5. The summed E-state index contributed by atoms with van der Waals surface area (Å²) < 4.78 is 18.6. The Labute approximate surface area is 202 Å². The van der Waals surface area contributed by atoms with Gasteiger partial charge in [-0.05, 0) is 57.4 Å². The van der Waals surface area contributed by atoms with Gasteiger partial charge in [0.1, 0.15) is 5.75 Å². The molecule has 1 amide bonds. The largest absolute Gasteiger partial charge is 0.491 e. The van der Waals surface area contributed by atoms with Crippen molar-refractivity contribution in [1.82, 2.24) is 4.90 Å². The van der Waals surface area contributed by atoms with E-state index in [-0.39, 0.29) is 36.4 Å². The molecule has 1 spiro atoms. The van der Waals surface area contributed by atoms with Crippen LogP contribution in [0.5, 0.6) is 5.75 Å². The SMILES string of the molecule is CCOC1CC(c2ccccc2)OC2(CCN(C(=O)c3ccc(OC(C)C)c(CO)c3)CC2)C1. The molecule has 2 unspecified atom stereocenters. The highest BCUT2D eigenvalue weighted by Crippen LogP contribution is 2.44. The zero-order chi connectivity index (χ0) is 24.1. The molecule has 2 aromatic carbocycles. The van der Waals surface area contributed by atoms with Crippen LogP contribution in [0.25, 0.3) is 0 Å². The lowest BCUT2D eigenvalue weighted by atomic mass is 9.80. The molecule has 2 heterocycles. The van der Waals surface area contributed by atoms with Gasteiger partial charge < -0.3 is 24.2 Å². The van der Waals surface area contributed by atoms with Crippen molar-refractivity contribution in [2.24, 2.45) is 0 Å². The number of likely N-dealkylation sites (tertiary alicyclic amines) is 1. The van der Waals surface area contributed by atoms with Crippen LogP contribution in [0.3, 0.4) is 0 Å². The molecule has 0 bridgehead atoms. The minimum Gasteiger partial charge on any atom is -0.491 e. The van der Waals surface area contributed by atoms with Crippen LogP contribution in [0, 0.1) is 0 Å². The van der Waals surface area contributed by atoms with Crippen LogP contribution in [0.4, 0.5) is 0 Å². The van der Waals surface area contributed by atoms with Crippen LogP contribution in [-0.4, -0.2) is 53.4 Å². The van der Waals surface area contributed by atoms with E-state index in [1.807, 2.05) is 31.7 Å². The summed E-state index contributed by atoms with van der Waals surface area (Å²) in [6.07, 6.45) is 3.46. The predicted octanol–water partition coefficient (Wildman–Crippen LogP) is 4.90. The second kappa shape index (κ2) is 10.9. The fraction of sp³-hybridized carbons (Fsp3) is 0.536. The number of piperidine rings is 1. The molecule has 2 aromatic rings. The van der Waals surface area contributed by atoms with Gasteiger partial charge in [0.05, 0.1) is 30.5 Å². The van der Waals surface area contributed by atoms with E-state index in [1.54, 1.807) is 18.2 Å². The maximum atomic E-state index is 13.3. The fourth-order valence-electron chi connectivity index (χ4n) is 5.20. The Hall–Kier alpha value is -2.41. The summed E-state index contributed by atoms with van der Waals surface area (Å²) in [5.74, 6) is 0.605. The number of carbonyl (C=O) groups is 1. The molecule has 2 aliphatic heterocycles. The van der Waals surface area contributed by atoms with E-state index in [9.17, 15) is 9.90 Å². The zero-order valence-electron chi connectivity index (χ0n) is 20.5. The number of hydrogen-bond acceptors (Lipinski definition) is 5. The standard InChI is InChI=1S/C28H37NO5/c1-4-32-24-17-26(21-8-6-5-7-9-21)34-28(18-24)12-14-29(15-13-28)27(31)22-10-11-25(33-20(2)3)23(16-22)19-30/h5-11,16,20,24,26,30H,4,12-15,17-19H2,1-3H3. The molecule has 0 radical (unpaired) electrons. The van der Waals surface area contributed by atoms with Crippen molar-refractivity contribution in [2.45, 2.75) is 77.0 Å². The molecule has 6 heteroatoms. The molecule has 0 saturated carbocycles. The van der Waals surface area contributed by atoms with E-state index in [2.05, 4.69) is 24.3 Å². The van der Waals surface area contributed by atoms with Gasteiger partial charge in [-0.1, -0.05) is 30.3 Å². The Morgan fingerprint density at radius 3 is 2.56 bits per heavy atom. The second-order valence-electron chi connectivity index (χ2n) is 9.66. The maximum absolute atomic E-state index is 13.3. The van der Waals surface area contributed by atoms with E-state index in [4.69, 9.17) is 14.2 Å². The van der Waals surface area contributed by atoms with Crippen LogP contribution in [0.1, 0.15) is 74.0 Å². The molecular formula is C28H37NO5. The molecule has 1 N–H and O–H groups in total. The van der Waals surface area contributed by atoms with Crippen LogP contribution < -0.4 is 4.74 Å². The Morgan fingerprint density at radius 2 is 1.91 bits per heavy atom. The van der Waals surface area contributed by atoms with Crippen LogP contribution in [0.2, 0.25) is 0 Å². The third-order valence-corrected chi connectivity index (χ3v) is 6.84. The van der Waals surface area contributed by atoms with E-state index < -0.39 is 0 Å². The Bertz CT molecular complexity index is 953. The van der Waals surface area contributed by atoms with Crippen molar-refractivity contribution in [3.05, 3.63) is 65.2 Å². The van der Waals surface area contributed by atoms with Gasteiger partial charge in [-0.25, -0.2) is 0 Å². The summed E-state index contributed by atoms with van der Waals surface area (Å²) in [5.41, 5.74) is 2.12. The average Bonchev–Trinajstić information content (AvgIpc) is 2.84. The normalized spacial score (nSPS) is 22.2. The summed E-state index contributed by atoms with van der Waals surface area (Å²) >= 11 is 0. The molecule has 2 fully saturated rings. The van der Waals surface area contributed by atoms with Gasteiger partial charge in [0, 0.05) is 43.7 Å². The van der Waals surface area contributed by atoms with E-state index in [0.717, 1.165) is 25.7 Å². The van der Waals surface area contributed by atoms with Gasteiger partial charge >= 0.3 is 0 Å². The minimum atomic E-state index is -0.277. The molecule has 34 heavy (non-hydrogen) atoms.